The van der Waals surface area contributed by atoms with E-state index >= 15 is 0 Å². The van der Waals surface area contributed by atoms with Gasteiger partial charge in [-0.25, -0.2) is 0 Å². The van der Waals surface area contributed by atoms with Gasteiger partial charge in [-0.15, -0.1) is 0 Å². The molecule has 0 atom stereocenters. The van der Waals surface area contributed by atoms with Crippen LogP contribution in [0, 0.1) is 0 Å². The molecule has 1 rings (SSSR count). The van der Waals surface area contributed by atoms with Crippen LogP contribution in [0.25, 0.3) is 0 Å². The van der Waals surface area contributed by atoms with Gasteiger partial charge in [-0.1, -0.05) is 41.9 Å². The van der Waals surface area contributed by atoms with Crippen molar-refractivity contribution in [3.05, 3.63) is 46.5 Å². The van der Waals surface area contributed by atoms with Gasteiger partial charge in [0.25, 0.3) is 0 Å². The van der Waals surface area contributed by atoms with E-state index in [0.29, 0.717) is 18.2 Å². The van der Waals surface area contributed by atoms with Crippen molar-refractivity contribution in [3.63, 3.8) is 0 Å². The lowest BCUT2D eigenvalue weighted by Gasteiger charge is -2.02. The minimum atomic E-state index is 0.379. The van der Waals surface area contributed by atoms with Gasteiger partial charge in [0.15, 0.2) is 0 Å². The molecule has 0 bridgehead atoms. The van der Waals surface area contributed by atoms with Crippen molar-refractivity contribution >= 4 is 23.2 Å². The Kier molecular flexibility index (Phi) is 4.29. The zero-order valence-electron chi connectivity index (χ0n) is 7.09. The van der Waals surface area contributed by atoms with Crippen LogP contribution in [0.3, 0.4) is 0 Å². The van der Waals surface area contributed by atoms with Crippen LogP contribution in [0.1, 0.15) is 5.56 Å². The summed E-state index contributed by atoms with van der Waals surface area (Å²) in [6, 6.07) is 7.49. The van der Waals surface area contributed by atoms with Crippen molar-refractivity contribution in [1.29, 1.82) is 0 Å². The minimum absolute atomic E-state index is 0.379. The molecule has 0 heterocycles. The first-order valence-electron chi connectivity index (χ1n) is 3.84. The van der Waals surface area contributed by atoms with Gasteiger partial charge >= 0.3 is 0 Å². The third kappa shape index (κ3) is 4.32. The lowest BCUT2D eigenvalue weighted by atomic mass is 10.2. The summed E-state index contributed by atoms with van der Waals surface area (Å²) < 4.78 is 5.25. The van der Waals surface area contributed by atoms with Crippen molar-refractivity contribution in [1.82, 2.24) is 0 Å². The Labute approximate surface area is 87.9 Å². The summed E-state index contributed by atoms with van der Waals surface area (Å²) in [4.78, 5) is 0. The molecule has 1 nitrogen and oxygen atoms in total. The molecule has 0 aromatic heterocycles. The van der Waals surface area contributed by atoms with Crippen LogP contribution in [0.4, 0.5) is 0 Å². The fourth-order valence-corrected chi connectivity index (χ4v) is 1.06. The zero-order valence-corrected chi connectivity index (χ0v) is 8.61. The van der Waals surface area contributed by atoms with Gasteiger partial charge < -0.3 is 4.74 Å². The SMILES string of the molecule is C=C(Cl)COCc1ccc(Cl)cc1. The zero-order chi connectivity index (χ0) is 9.68. The van der Waals surface area contributed by atoms with E-state index in [1.54, 1.807) is 0 Å². The second-order valence-electron chi connectivity index (χ2n) is 2.64. The maximum Gasteiger partial charge on any atom is 0.0821 e. The molecular weight excluding hydrogens is 207 g/mol. The average molecular weight is 217 g/mol. The molecule has 1 aromatic rings. The Balaban J connectivity index is 2.37. The summed E-state index contributed by atoms with van der Waals surface area (Å²) in [6.07, 6.45) is 0. The van der Waals surface area contributed by atoms with Crippen molar-refractivity contribution < 1.29 is 4.74 Å². The maximum absolute atomic E-state index is 5.72. The van der Waals surface area contributed by atoms with Crippen LogP contribution in [-0.4, -0.2) is 6.61 Å². The van der Waals surface area contributed by atoms with Gasteiger partial charge in [-0.05, 0) is 17.7 Å². The van der Waals surface area contributed by atoms with E-state index in [9.17, 15) is 0 Å². The first-order chi connectivity index (χ1) is 6.18. The summed E-state index contributed by atoms with van der Waals surface area (Å²) >= 11 is 11.2. The number of halogens is 2. The highest BCUT2D eigenvalue weighted by Gasteiger charge is 1.93. The van der Waals surface area contributed by atoms with Crippen molar-refractivity contribution in [2.75, 3.05) is 6.61 Å². The summed E-state index contributed by atoms with van der Waals surface area (Å²) in [7, 11) is 0. The molecule has 0 unspecified atom stereocenters. The Morgan fingerprint density at radius 3 is 2.46 bits per heavy atom. The third-order valence-corrected chi connectivity index (χ3v) is 1.80. The van der Waals surface area contributed by atoms with E-state index in [4.69, 9.17) is 27.9 Å². The molecule has 13 heavy (non-hydrogen) atoms. The number of hydrogen-bond donors (Lipinski definition) is 0. The van der Waals surface area contributed by atoms with E-state index in [-0.39, 0.29) is 0 Å². The predicted molar refractivity (Wildman–Crippen MR) is 56.1 cm³/mol. The minimum Gasteiger partial charge on any atom is -0.371 e. The molecule has 0 aliphatic carbocycles. The molecule has 0 amide bonds. The maximum atomic E-state index is 5.72. The molecule has 0 radical (unpaired) electrons. The second kappa shape index (κ2) is 5.28. The molecule has 0 spiro atoms. The Bertz CT molecular complexity index is 279. The standard InChI is InChI=1S/C10H10Cl2O/c1-8(11)6-13-7-9-2-4-10(12)5-3-9/h2-5H,1,6-7H2. The highest BCUT2D eigenvalue weighted by molar-refractivity contribution is 6.30. The Morgan fingerprint density at radius 2 is 1.92 bits per heavy atom. The Hall–Kier alpha value is -0.500. The average Bonchev–Trinajstić information content (AvgIpc) is 2.08. The lowest BCUT2D eigenvalue weighted by molar-refractivity contribution is 0.146. The number of rotatable bonds is 4. The van der Waals surface area contributed by atoms with E-state index in [0.717, 1.165) is 10.6 Å². The molecular formula is C10H10Cl2O. The van der Waals surface area contributed by atoms with Gasteiger partial charge in [0.1, 0.15) is 0 Å². The smallest absolute Gasteiger partial charge is 0.0821 e. The molecule has 0 fully saturated rings. The topological polar surface area (TPSA) is 9.23 Å². The molecule has 70 valence electrons. The first-order valence-corrected chi connectivity index (χ1v) is 4.59. The van der Waals surface area contributed by atoms with Crippen LogP contribution < -0.4 is 0 Å². The van der Waals surface area contributed by atoms with E-state index in [1.807, 2.05) is 24.3 Å². The van der Waals surface area contributed by atoms with Crippen LogP contribution in [0.2, 0.25) is 5.02 Å². The van der Waals surface area contributed by atoms with Crippen molar-refractivity contribution in [3.8, 4) is 0 Å². The summed E-state index contributed by atoms with van der Waals surface area (Å²) in [6.45, 7) is 4.43. The van der Waals surface area contributed by atoms with E-state index in [1.165, 1.54) is 0 Å². The molecule has 3 heteroatoms. The molecule has 0 aliphatic rings. The number of ether oxygens (including phenoxy) is 1. The van der Waals surface area contributed by atoms with Gasteiger partial charge in [0.05, 0.1) is 13.2 Å². The number of benzene rings is 1. The largest absolute Gasteiger partial charge is 0.371 e. The van der Waals surface area contributed by atoms with Crippen LogP contribution in [-0.2, 0) is 11.3 Å². The van der Waals surface area contributed by atoms with E-state index < -0.39 is 0 Å². The third-order valence-electron chi connectivity index (χ3n) is 1.44. The highest BCUT2D eigenvalue weighted by Crippen LogP contribution is 2.10. The molecule has 0 saturated carbocycles. The van der Waals surface area contributed by atoms with Crippen molar-refractivity contribution in [2.45, 2.75) is 6.61 Å². The predicted octanol–water partition coefficient (Wildman–Crippen LogP) is 3.61. The summed E-state index contributed by atoms with van der Waals surface area (Å²) in [5.41, 5.74) is 1.07. The second-order valence-corrected chi connectivity index (χ2v) is 3.61. The number of hydrogen-bond acceptors (Lipinski definition) is 1. The van der Waals surface area contributed by atoms with Crippen LogP contribution >= 0.6 is 23.2 Å². The normalized spacial score (nSPS) is 10.0. The lowest BCUT2D eigenvalue weighted by Crippen LogP contribution is -1.94. The highest BCUT2D eigenvalue weighted by atomic mass is 35.5. The first kappa shape index (κ1) is 10.6. The van der Waals surface area contributed by atoms with Gasteiger partial charge in [0, 0.05) is 10.1 Å². The molecule has 0 aliphatic heterocycles. The van der Waals surface area contributed by atoms with Crippen LogP contribution in [0.5, 0.6) is 0 Å². The Morgan fingerprint density at radius 1 is 1.31 bits per heavy atom. The van der Waals surface area contributed by atoms with Crippen molar-refractivity contribution in [2.24, 2.45) is 0 Å². The summed E-state index contributed by atoms with van der Waals surface area (Å²) in [5, 5.41) is 1.24. The van der Waals surface area contributed by atoms with E-state index in [2.05, 4.69) is 6.58 Å². The van der Waals surface area contributed by atoms with Gasteiger partial charge in [-0.2, -0.15) is 0 Å². The molecule has 0 N–H and O–H groups in total. The quantitative estimate of drug-likeness (QED) is 0.748. The monoisotopic (exact) mass is 216 g/mol. The fraction of sp³-hybridized carbons (Fsp3) is 0.200. The molecule has 1 aromatic carbocycles. The summed E-state index contributed by atoms with van der Waals surface area (Å²) in [5.74, 6) is 0. The molecule has 0 saturated heterocycles. The fourth-order valence-electron chi connectivity index (χ4n) is 0.860. The van der Waals surface area contributed by atoms with Crippen LogP contribution in [0.15, 0.2) is 35.9 Å². The van der Waals surface area contributed by atoms with Gasteiger partial charge in [0.2, 0.25) is 0 Å². The van der Waals surface area contributed by atoms with Gasteiger partial charge in [-0.3, -0.25) is 0 Å².